The smallest absolute Gasteiger partial charge is 0.391 e. The molecule has 6 rings (SSSR count). The molecule has 1 atom stereocenters. The summed E-state index contributed by atoms with van der Waals surface area (Å²) in [5.74, 6) is -1.17. The van der Waals surface area contributed by atoms with Crippen LogP contribution in [0.4, 0.5) is 30.7 Å². The zero-order valence-electron chi connectivity index (χ0n) is 21.6. The Morgan fingerprint density at radius 2 is 1.85 bits per heavy atom. The number of hydrogen-bond donors (Lipinski definition) is 2. The van der Waals surface area contributed by atoms with Crippen LogP contribution >= 0.6 is 0 Å². The Kier molecular flexibility index (Phi) is 6.61. The molecule has 0 radical (unpaired) electrons. The number of aromatic nitrogens is 3. The van der Waals surface area contributed by atoms with Gasteiger partial charge >= 0.3 is 6.18 Å². The Morgan fingerprint density at radius 1 is 1.07 bits per heavy atom. The molecule has 2 aliphatic heterocycles. The van der Waals surface area contributed by atoms with Crippen LogP contribution in [0.15, 0.2) is 45.4 Å². The first-order valence-corrected chi connectivity index (χ1v) is 13.0. The number of alkyl halides is 3. The van der Waals surface area contributed by atoms with Crippen LogP contribution in [0.2, 0.25) is 0 Å². The van der Waals surface area contributed by atoms with Crippen LogP contribution in [-0.2, 0) is 0 Å². The number of anilines is 3. The number of piperidine rings is 1. The fraction of sp³-hybridized carbons (Fsp3) is 0.407. The lowest BCUT2D eigenvalue weighted by atomic mass is 9.97. The molecule has 0 aliphatic carbocycles. The number of nitrogens with one attached hydrogen (secondary N) is 1. The van der Waals surface area contributed by atoms with Crippen LogP contribution in [0.5, 0.6) is 0 Å². The first-order valence-electron chi connectivity index (χ1n) is 13.0. The predicted molar refractivity (Wildman–Crippen MR) is 140 cm³/mol. The quantitative estimate of drug-likeness (QED) is 0.358. The molecule has 1 aromatic carbocycles. The molecule has 5 heterocycles. The second-order valence-corrected chi connectivity index (χ2v) is 10.2. The summed E-state index contributed by atoms with van der Waals surface area (Å²) in [5, 5.41) is 12.9. The van der Waals surface area contributed by atoms with E-state index in [2.05, 4.69) is 20.3 Å². The molecule has 1 unspecified atom stereocenters. The number of halogens is 3. The molecule has 0 saturated carbocycles. The molecule has 0 bridgehead atoms. The molecular weight excluding hydrogens is 529 g/mol. The second kappa shape index (κ2) is 10.1. The molecule has 40 heavy (non-hydrogen) atoms. The Morgan fingerprint density at radius 3 is 2.55 bits per heavy atom. The zero-order chi connectivity index (χ0) is 28.0. The minimum absolute atomic E-state index is 0.0455. The Hall–Kier alpha value is -4.13. The summed E-state index contributed by atoms with van der Waals surface area (Å²) in [6.45, 7) is 3.08. The third-order valence-corrected chi connectivity index (χ3v) is 7.29. The Labute approximate surface area is 226 Å². The number of aliphatic hydroxyl groups excluding tert-OH is 1. The summed E-state index contributed by atoms with van der Waals surface area (Å²) in [7, 11) is 0. The molecule has 2 saturated heterocycles. The molecule has 210 valence electrons. The van der Waals surface area contributed by atoms with Crippen molar-refractivity contribution in [3.05, 3.63) is 47.9 Å². The molecule has 2 aliphatic rings. The Bertz CT molecular complexity index is 1540. The van der Waals surface area contributed by atoms with Gasteiger partial charge in [0.1, 0.15) is 6.26 Å². The highest BCUT2D eigenvalue weighted by atomic mass is 19.4. The van der Waals surface area contributed by atoms with Gasteiger partial charge < -0.3 is 29.1 Å². The number of benzene rings is 1. The zero-order valence-corrected chi connectivity index (χ0v) is 21.6. The highest BCUT2D eigenvalue weighted by molar-refractivity contribution is 6.05. The monoisotopic (exact) mass is 556 g/mol. The van der Waals surface area contributed by atoms with Crippen molar-refractivity contribution < 1.29 is 31.9 Å². The highest BCUT2D eigenvalue weighted by Crippen LogP contribution is 2.37. The van der Waals surface area contributed by atoms with Crippen LogP contribution in [0, 0.1) is 12.8 Å². The maximum absolute atomic E-state index is 13.2. The summed E-state index contributed by atoms with van der Waals surface area (Å²) in [4.78, 5) is 30.1. The fourth-order valence-corrected chi connectivity index (χ4v) is 5.12. The van der Waals surface area contributed by atoms with Crippen molar-refractivity contribution in [3.63, 3.8) is 0 Å². The van der Waals surface area contributed by atoms with Gasteiger partial charge in [0.25, 0.3) is 11.9 Å². The first-order chi connectivity index (χ1) is 19.1. The predicted octanol–water partition coefficient (Wildman–Crippen LogP) is 4.79. The molecule has 2 fully saturated rings. The first kappa shape index (κ1) is 26.1. The van der Waals surface area contributed by atoms with Crippen molar-refractivity contribution in [2.75, 3.05) is 41.3 Å². The third kappa shape index (κ3) is 5.20. The van der Waals surface area contributed by atoms with Crippen molar-refractivity contribution >= 4 is 34.7 Å². The number of aliphatic hydroxyl groups is 1. The van der Waals surface area contributed by atoms with Crippen LogP contribution < -0.4 is 15.1 Å². The van der Waals surface area contributed by atoms with Gasteiger partial charge in [0.15, 0.2) is 17.1 Å². The molecule has 3 aromatic heterocycles. The highest BCUT2D eigenvalue weighted by Gasteiger charge is 2.41. The molecule has 13 heteroatoms. The maximum Gasteiger partial charge on any atom is 0.391 e. The number of carbonyl (C=O) groups is 1. The van der Waals surface area contributed by atoms with Gasteiger partial charge in [-0.15, -0.1) is 0 Å². The lowest BCUT2D eigenvalue weighted by Crippen LogP contribution is -2.39. The van der Waals surface area contributed by atoms with E-state index in [1.54, 1.807) is 11.0 Å². The van der Waals surface area contributed by atoms with Crippen LogP contribution in [0.1, 0.15) is 35.3 Å². The third-order valence-electron chi connectivity index (χ3n) is 7.29. The SMILES string of the molecule is Cc1cccc(-c2nc(C(=O)Nc3cc4oc(N5CCC(C(F)(F)F)CC5)nc4nc3N3CCC(O)C3)co2)c1. The number of carbonyl (C=O) groups excluding carboxylic acids is 1. The van der Waals surface area contributed by atoms with Crippen molar-refractivity contribution in [2.24, 2.45) is 5.92 Å². The summed E-state index contributed by atoms with van der Waals surface area (Å²) in [6, 6.07) is 9.31. The topological polar surface area (TPSA) is 121 Å². The summed E-state index contributed by atoms with van der Waals surface area (Å²) < 4.78 is 50.7. The largest absolute Gasteiger partial charge is 0.444 e. The van der Waals surface area contributed by atoms with Crippen molar-refractivity contribution in [2.45, 2.75) is 38.5 Å². The Balaban J connectivity index is 1.27. The number of amides is 1. The normalized spacial score (nSPS) is 18.6. The van der Waals surface area contributed by atoms with E-state index >= 15 is 0 Å². The number of nitrogens with zero attached hydrogens (tertiary/aromatic N) is 5. The van der Waals surface area contributed by atoms with Gasteiger partial charge in [-0.05, 0) is 38.3 Å². The van der Waals surface area contributed by atoms with E-state index in [9.17, 15) is 23.1 Å². The van der Waals surface area contributed by atoms with E-state index in [1.807, 2.05) is 36.1 Å². The molecule has 2 N–H and O–H groups in total. The average molecular weight is 557 g/mol. The summed E-state index contributed by atoms with van der Waals surface area (Å²) in [6.07, 6.45) is -3.05. The number of rotatable bonds is 5. The number of fused-ring (bicyclic) bond motifs is 1. The molecule has 10 nitrogen and oxygen atoms in total. The minimum Gasteiger partial charge on any atom is -0.444 e. The average Bonchev–Trinajstić information content (AvgIpc) is 3.67. The van der Waals surface area contributed by atoms with Crippen molar-refractivity contribution in [1.29, 1.82) is 0 Å². The number of pyridine rings is 1. The van der Waals surface area contributed by atoms with E-state index < -0.39 is 24.1 Å². The van der Waals surface area contributed by atoms with Gasteiger partial charge in [-0.1, -0.05) is 17.7 Å². The maximum atomic E-state index is 13.2. The van der Waals surface area contributed by atoms with Gasteiger partial charge in [0.05, 0.1) is 17.7 Å². The molecule has 0 spiro atoms. The number of β-amino-alcohol motifs (C(OH)–C–C–N with tert-alkyl or cyclic N) is 1. The minimum atomic E-state index is -4.22. The molecular formula is C27H27F3N6O4. The van der Waals surface area contributed by atoms with Crippen LogP contribution in [0.25, 0.3) is 22.7 Å². The van der Waals surface area contributed by atoms with Crippen LogP contribution in [0.3, 0.4) is 0 Å². The fourth-order valence-electron chi connectivity index (χ4n) is 5.12. The van der Waals surface area contributed by atoms with E-state index in [0.717, 1.165) is 11.1 Å². The summed E-state index contributed by atoms with van der Waals surface area (Å²) >= 11 is 0. The van der Waals surface area contributed by atoms with Gasteiger partial charge in [0, 0.05) is 37.8 Å². The lowest BCUT2D eigenvalue weighted by Gasteiger charge is -2.31. The number of oxazole rings is 2. The van der Waals surface area contributed by atoms with E-state index in [1.165, 1.54) is 6.26 Å². The second-order valence-electron chi connectivity index (χ2n) is 10.2. The van der Waals surface area contributed by atoms with E-state index in [-0.39, 0.29) is 48.9 Å². The standard InChI is InChI=1S/C27H27F3N6O4/c1-15-3-2-4-16(11-15)25-32-20(14-39-25)24(38)31-19-12-21-22(33-23(19)36-10-7-18(37)13-36)34-26(40-21)35-8-5-17(6-9-35)27(28,29)30/h2-4,11-12,14,17-18,37H,5-10,13H2,1H3,(H,31,38). The van der Waals surface area contributed by atoms with Gasteiger partial charge in [0.2, 0.25) is 11.5 Å². The number of hydrogen-bond acceptors (Lipinski definition) is 9. The van der Waals surface area contributed by atoms with Crippen molar-refractivity contribution in [3.8, 4) is 11.5 Å². The van der Waals surface area contributed by atoms with Gasteiger partial charge in [-0.3, -0.25) is 4.79 Å². The van der Waals surface area contributed by atoms with E-state index in [0.29, 0.717) is 36.9 Å². The van der Waals surface area contributed by atoms with Gasteiger partial charge in [-0.2, -0.15) is 18.2 Å². The van der Waals surface area contributed by atoms with Gasteiger partial charge in [-0.25, -0.2) is 9.97 Å². The molecule has 4 aromatic rings. The van der Waals surface area contributed by atoms with Crippen molar-refractivity contribution in [1.82, 2.24) is 15.0 Å². The summed E-state index contributed by atoms with van der Waals surface area (Å²) in [5.41, 5.74) is 2.68. The number of aryl methyl sites for hydroxylation is 1. The molecule has 1 amide bonds. The van der Waals surface area contributed by atoms with Crippen LogP contribution in [-0.4, -0.2) is 64.4 Å². The lowest BCUT2D eigenvalue weighted by molar-refractivity contribution is -0.179. The van der Waals surface area contributed by atoms with E-state index in [4.69, 9.17) is 8.83 Å².